The van der Waals surface area contributed by atoms with Crippen molar-refractivity contribution in [2.75, 3.05) is 11.4 Å². The summed E-state index contributed by atoms with van der Waals surface area (Å²) in [5.74, 6) is -0.762. The van der Waals surface area contributed by atoms with Gasteiger partial charge in [0.05, 0.1) is 6.10 Å². The van der Waals surface area contributed by atoms with Gasteiger partial charge in [-0.15, -0.1) is 0 Å². The summed E-state index contributed by atoms with van der Waals surface area (Å²) in [5.41, 5.74) is 0.970. The molecule has 5 heteroatoms. The molecule has 2 aromatic carbocycles. The number of hydrogen-bond donors (Lipinski definition) is 1. The molecule has 1 fully saturated rings. The third-order valence-electron chi connectivity index (χ3n) is 4.29. The minimum Gasteiger partial charge on any atom is -0.490 e. The number of amides is 1. The van der Waals surface area contributed by atoms with E-state index >= 15 is 0 Å². The zero-order valence-electron chi connectivity index (χ0n) is 13.9. The summed E-state index contributed by atoms with van der Waals surface area (Å²) in [6.07, 6.45) is 4.61. The Balaban J connectivity index is 1.82. The quantitative estimate of drug-likeness (QED) is 0.870. The second-order valence-electron chi connectivity index (χ2n) is 6.17. The Bertz CT molecular complexity index is 738. The van der Waals surface area contributed by atoms with Gasteiger partial charge in [-0.1, -0.05) is 24.3 Å². The van der Waals surface area contributed by atoms with Crippen LogP contribution in [-0.2, 0) is 4.79 Å². The molecule has 2 aromatic rings. The number of benzene rings is 2. The number of anilines is 1. The minimum atomic E-state index is -1.06. The van der Waals surface area contributed by atoms with Gasteiger partial charge in [0.2, 0.25) is 0 Å². The molecule has 3 rings (SSSR count). The maximum atomic E-state index is 12.9. The van der Waals surface area contributed by atoms with Crippen LogP contribution in [0, 0.1) is 0 Å². The lowest BCUT2D eigenvalue weighted by atomic mass is 10.1. The van der Waals surface area contributed by atoms with Crippen LogP contribution in [0.3, 0.4) is 0 Å². The number of carboxylic acids is 1. The summed E-state index contributed by atoms with van der Waals surface area (Å²) in [6, 6.07) is 15.8. The van der Waals surface area contributed by atoms with Gasteiger partial charge < -0.3 is 9.84 Å². The van der Waals surface area contributed by atoms with Crippen molar-refractivity contribution >= 4 is 17.6 Å². The van der Waals surface area contributed by atoms with E-state index in [0.717, 1.165) is 12.8 Å². The van der Waals surface area contributed by atoms with Gasteiger partial charge in [0, 0.05) is 11.3 Å². The molecule has 0 atom stereocenters. The lowest BCUT2D eigenvalue weighted by Crippen LogP contribution is -2.35. The van der Waals surface area contributed by atoms with Crippen molar-refractivity contribution in [1.82, 2.24) is 0 Å². The SMILES string of the molecule is O=C(O)CN(C(=O)c1cccc(OC2CCCC2)c1)c1ccccc1. The monoisotopic (exact) mass is 339 g/mol. The first-order valence-corrected chi connectivity index (χ1v) is 8.49. The number of carbonyl (C=O) groups excluding carboxylic acids is 1. The molecule has 1 amide bonds. The zero-order chi connectivity index (χ0) is 17.6. The average molecular weight is 339 g/mol. The van der Waals surface area contributed by atoms with E-state index in [4.69, 9.17) is 9.84 Å². The predicted molar refractivity (Wildman–Crippen MR) is 95.1 cm³/mol. The number of aliphatic carboxylic acids is 1. The first-order valence-electron chi connectivity index (χ1n) is 8.49. The predicted octanol–water partition coefficient (Wildman–Crippen LogP) is 3.74. The summed E-state index contributed by atoms with van der Waals surface area (Å²) in [6.45, 7) is -0.392. The molecule has 0 saturated heterocycles. The Labute approximate surface area is 146 Å². The van der Waals surface area contributed by atoms with Crippen LogP contribution in [0.2, 0.25) is 0 Å². The van der Waals surface area contributed by atoms with Crippen LogP contribution in [0.4, 0.5) is 5.69 Å². The zero-order valence-corrected chi connectivity index (χ0v) is 13.9. The molecule has 5 nitrogen and oxygen atoms in total. The molecule has 1 aliphatic rings. The van der Waals surface area contributed by atoms with Gasteiger partial charge in [0.25, 0.3) is 5.91 Å². The standard InChI is InChI=1S/C20H21NO4/c22-19(23)14-21(16-8-2-1-3-9-16)20(24)15-7-6-12-18(13-15)25-17-10-4-5-11-17/h1-3,6-9,12-13,17H,4-5,10-11,14H2,(H,22,23). The van der Waals surface area contributed by atoms with Crippen LogP contribution in [-0.4, -0.2) is 29.6 Å². The maximum absolute atomic E-state index is 12.9. The van der Waals surface area contributed by atoms with Crippen molar-refractivity contribution in [2.24, 2.45) is 0 Å². The first kappa shape index (κ1) is 17.0. The summed E-state index contributed by atoms with van der Waals surface area (Å²) in [5, 5.41) is 9.17. The van der Waals surface area contributed by atoms with Crippen molar-refractivity contribution < 1.29 is 19.4 Å². The number of ether oxygens (including phenoxy) is 1. The highest BCUT2D eigenvalue weighted by molar-refractivity contribution is 6.08. The number of carbonyl (C=O) groups is 2. The molecule has 1 saturated carbocycles. The van der Waals surface area contributed by atoms with Gasteiger partial charge in [-0.25, -0.2) is 0 Å². The van der Waals surface area contributed by atoms with Crippen LogP contribution in [0.1, 0.15) is 36.0 Å². The number of para-hydroxylation sites is 1. The number of rotatable bonds is 6. The second-order valence-corrected chi connectivity index (χ2v) is 6.17. The van der Waals surface area contributed by atoms with E-state index in [0.29, 0.717) is 17.0 Å². The lowest BCUT2D eigenvalue weighted by molar-refractivity contribution is -0.135. The summed E-state index contributed by atoms with van der Waals surface area (Å²) in [7, 11) is 0. The Morgan fingerprint density at radius 1 is 1.04 bits per heavy atom. The molecule has 0 aliphatic heterocycles. The van der Waals surface area contributed by atoms with Gasteiger partial charge in [-0.05, 0) is 56.0 Å². The van der Waals surface area contributed by atoms with Crippen LogP contribution in [0.5, 0.6) is 5.75 Å². The molecule has 0 bridgehead atoms. The fourth-order valence-electron chi connectivity index (χ4n) is 3.08. The molecule has 130 valence electrons. The third-order valence-corrected chi connectivity index (χ3v) is 4.29. The van der Waals surface area contributed by atoms with Crippen molar-refractivity contribution in [3.05, 3.63) is 60.2 Å². The Morgan fingerprint density at radius 2 is 1.76 bits per heavy atom. The third kappa shape index (κ3) is 4.38. The minimum absolute atomic E-state index is 0.203. The molecule has 0 aromatic heterocycles. The van der Waals surface area contributed by atoms with Crippen molar-refractivity contribution in [2.45, 2.75) is 31.8 Å². The molecular formula is C20H21NO4. The molecule has 0 radical (unpaired) electrons. The van der Waals surface area contributed by atoms with E-state index in [1.807, 2.05) is 12.1 Å². The van der Waals surface area contributed by atoms with Crippen molar-refractivity contribution in [3.63, 3.8) is 0 Å². The fraction of sp³-hybridized carbons (Fsp3) is 0.300. The lowest BCUT2D eigenvalue weighted by Gasteiger charge is -2.21. The summed E-state index contributed by atoms with van der Waals surface area (Å²) < 4.78 is 5.95. The number of hydrogen-bond acceptors (Lipinski definition) is 3. The largest absolute Gasteiger partial charge is 0.490 e. The topological polar surface area (TPSA) is 66.8 Å². The van der Waals surface area contributed by atoms with Crippen molar-refractivity contribution in [3.8, 4) is 5.75 Å². The summed E-state index contributed by atoms with van der Waals surface area (Å²) in [4.78, 5) is 25.3. The van der Waals surface area contributed by atoms with Gasteiger partial charge >= 0.3 is 5.97 Å². The first-order chi connectivity index (χ1) is 12.1. The average Bonchev–Trinajstić information content (AvgIpc) is 3.13. The smallest absolute Gasteiger partial charge is 0.323 e. The fourth-order valence-corrected chi connectivity index (χ4v) is 3.08. The number of carboxylic acid groups (broad SMARTS) is 1. The van der Waals surface area contributed by atoms with Gasteiger partial charge in [0.15, 0.2) is 0 Å². The van der Waals surface area contributed by atoms with E-state index in [1.54, 1.807) is 42.5 Å². The summed E-state index contributed by atoms with van der Waals surface area (Å²) >= 11 is 0. The van der Waals surface area contributed by atoms with Gasteiger partial charge in [-0.2, -0.15) is 0 Å². The van der Waals surface area contributed by atoms with E-state index < -0.39 is 12.5 Å². The highest BCUT2D eigenvalue weighted by Crippen LogP contribution is 2.25. The van der Waals surface area contributed by atoms with E-state index in [1.165, 1.54) is 17.7 Å². The molecular weight excluding hydrogens is 318 g/mol. The molecule has 1 aliphatic carbocycles. The molecule has 0 heterocycles. The van der Waals surface area contributed by atoms with Crippen LogP contribution in [0.25, 0.3) is 0 Å². The second kappa shape index (κ2) is 7.83. The Morgan fingerprint density at radius 3 is 2.44 bits per heavy atom. The van der Waals surface area contributed by atoms with Crippen LogP contribution >= 0.6 is 0 Å². The van der Waals surface area contributed by atoms with Gasteiger partial charge in [-0.3, -0.25) is 14.5 Å². The Kier molecular flexibility index (Phi) is 5.33. The van der Waals surface area contributed by atoms with E-state index in [9.17, 15) is 9.59 Å². The molecule has 0 unspecified atom stereocenters. The van der Waals surface area contributed by atoms with Crippen molar-refractivity contribution in [1.29, 1.82) is 0 Å². The molecule has 0 spiro atoms. The van der Waals surface area contributed by atoms with E-state index in [2.05, 4.69) is 0 Å². The Hall–Kier alpha value is -2.82. The maximum Gasteiger partial charge on any atom is 0.323 e. The van der Waals surface area contributed by atoms with Crippen LogP contribution < -0.4 is 9.64 Å². The molecule has 25 heavy (non-hydrogen) atoms. The normalized spacial score (nSPS) is 14.2. The highest BCUT2D eigenvalue weighted by Gasteiger charge is 2.22. The van der Waals surface area contributed by atoms with E-state index in [-0.39, 0.29) is 12.0 Å². The van der Waals surface area contributed by atoms with Crippen LogP contribution in [0.15, 0.2) is 54.6 Å². The molecule has 1 N–H and O–H groups in total. The highest BCUT2D eigenvalue weighted by atomic mass is 16.5. The van der Waals surface area contributed by atoms with Gasteiger partial charge in [0.1, 0.15) is 12.3 Å². The number of nitrogens with zero attached hydrogens (tertiary/aromatic N) is 1.